The summed E-state index contributed by atoms with van der Waals surface area (Å²) in [5.74, 6) is 0.830. The molecule has 1 heteroatoms. The zero-order chi connectivity index (χ0) is 12.0. The van der Waals surface area contributed by atoms with Crippen LogP contribution in [0.15, 0.2) is 24.3 Å². The standard InChI is InChI=1S/C16H23N/c1-16(2)12-8-4-6-10-14(12)17(3)15-11-7-5-9-13(15)16/h4,6,8,10,13,15H,5,7,9,11H2,1-3H3/t13?,15-/m1/s1. The van der Waals surface area contributed by atoms with Gasteiger partial charge >= 0.3 is 0 Å². The zero-order valence-electron chi connectivity index (χ0n) is 11.2. The van der Waals surface area contributed by atoms with Gasteiger partial charge in [-0.2, -0.15) is 0 Å². The van der Waals surface area contributed by atoms with Gasteiger partial charge in [0.05, 0.1) is 0 Å². The van der Waals surface area contributed by atoms with Gasteiger partial charge in [0.1, 0.15) is 0 Å². The average molecular weight is 229 g/mol. The number of fused-ring (bicyclic) bond motifs is 2. The summed E-state index contributed by atoms with van der Waals surface area (Å²) in [4.78, 5) is 2.55. The maximum absolute atomic E-state index is 2.55. The lowest BCUT2D eigenvalue weighted by Gasteiger charge is -2.52. The van der Waals surface area contributed by atoms with Crippen molar-refractivity contribution in [1.82, 2.24) is 0 Å². The van der Waals surface area contributed by atoms with Crippen molar-refractivity contribution in [2.24, 2.45) is 5.92 Å². The third-order valence-electron chi connectivity index (χ3n) is 5.13. The Balaban J connectivity index is 2.13. The molecule has 1 fully saturated rings. The van der Waals surface area contributed by atoms with Crippen LogP contribution in [-0.4, -0.2) is 13.1 Å². The number of rotatable bonds is 0. The fraction of sp³-hybridized carbons (Fsp3) is 0.625. The summed E-state index contributed by atoms with van der Waals surface area (Å²) in [7, 11) is 2.29. The molecular formula is C16H23N. The summed E-state index contributed by atoms with van der Waals surface area (Å²) in [5.41, 5.74) is 3.35. The lowest BCUT2D eigenvalue weighted by atomic mass is 9.62. The van der Waals surface area contributed by atoms with E-state index in [4.69, 9.17) is 0 Å². The van der Waals surface area contributed by atoms with Crippen molar-refractivity contribution < 1.29 is 0 Å². The molecule has 0 aromatic heterocycles. The predicted octanol–water partition coefficient (Wildman–Crippen LogP) is 3.97. The van der Waals surface area contributed by atoms with Crippen LogP contribution in [-0.2, 0) is 5.41 Å². The fourth-order valence-electron chi connectivity index (χ4n) is 4.12. The molecule has 1 aromatic carbocycles. The third kappa shape index (κ3) is 1.51. The van der Waals surface area contributed by atoms with E-state index < -0.39 is 0 Å². The SMILES string of the molecule is CN1c2ccccc2C(C)(C)C2CCCC[C@H]21. The summed E-state index contributed by atoms with van der Waals surface area (Å²) in [6.07, 6.45) is 5.60. The van der Waals surface area contributed by atoms with E-state index >= 15 is 0 Å². The largest absolute Gasteiger partial charge is 0.371 e. The summed E-state index contributed by atoms with van der Waals surface area (Å²) in [6, 6.07) is 9.75. The molecule has 2 atom stereocenters. The Kier molecular flexibility index (Phi) is 2.46. The molecule has 92 valence electrons. The Labute approximate surface area is 105 Å². The molecule has 1 aliphatic heterocycles. The molecule has 0 spiro atoms. The molecule has 1 aliphatic carbocycles. The zero-order valence-corrected chi connectivity index (χ0v) is 11.2. The number of nitrogens with zero attached hydrogens (tertiary/aromatic N) is 1. The first-order chi connectivity index (χ1) is 8.12. The van der Waals surface area contributed by atoms with Gasteiger partial charge in [-0.15, -0.1) is 0 Å². The van der Waals surface area contributed by atoms with E-state index in [1.54, 1.807) is 5.56 Å². The van der Waals surface area contributed by atoms with Crippen molar-refractivity contribution in [2.45, 2.75) is 51.0 Å². The average Bonchev–Trinajstić information content (AvgIpc) is 2.37. The second-order valence-corrected chi connectivity index (χ2v) is 6.31. The number of benzene rings is 1. The van der Waals surface area contributed by atoms with Crippen molar-refractivity contribution in [3.63, 3.8) is 0 Å². The molecular weight excluding hydrogens is 206 g/mol. The molecule has 0 bridgehead atoms. The first kappa shape index (κ1) is 11.1. The molecule has 3 rings (SSSR count). The number of para-hydroxylation sites is 1. The minimum absolute atomic E-state index is 0.341. The Bertz CT molecular complexity index is 421. The van der Waals surface area contributed by atoms with Gasteiger partial charge in [-0.25, -0.2) is 0 Å². The van der Waals surface area contributed by atoms with Gasteiger partial charge in [0.2, 0.25) is 0 Å². The Morgan fingerprint density at radius 2 is 1.82 bits per heavy atom. The summed E-state index contributed by atoms with van der Waals surface area (Å²) < 4.78 is 0. The summed E-state index contributed by atoms with van der Waals surface area (Å²) >= 11 is 0. The monoisotopic (exact) mass is 229 g/mol. The quantitative estimate of drug-likeness (QED) is 0.650. The van der Waals surface area contributed by atoms with Crippen LogP contribution in [0.4, 0.5) is 5.69 Å². The van der Waals surface area contributed by atoms with Crippen molar-refractivity contribution in [1.29, 1.82) is 0 Å². The minimum atomic E-state index is 0.341. The second kappa shape index (κ2) is 3.76. The fourth-order valence-corrected chi connectivity index (χ4v) is 4.12. The van der Waals surface area contributed by atoms with E-state index in [-0.39, 0.29) is 0 Å². The summed E-state index contributed by atoms with van der Waals surface area (Å²) in [5, 5.41) is 0. The Morgan fingerprint density at radius 1 is 1.12 bits per heavy atom. The molecule has 2 aliphatic rings. The highest BCUT2D eigenvalue weighted by molar-refractivity contribution is 5.60. The van der Waals surface area contributed by atoms with E-state index in [1.807, 2.05) is 0 Å². The molecule has 17 heavy (non-hydrogen) atoms. The number of hydrogen-bond acceptors (Lipinski definition) is 1. The highest BCUT2D eigenvalue weighted by Gasteiger charge is 2.45. The number of hydrogen-bond donors (Lipinski definition) is 0. The highest BCUT2D eigenvalue weighted by Crippen LogP contribution is 2.50. The molecule has 1 aromatic rings. The summed E-state index contributed by atoms with van der Waals surface area (Å²) in [6.45, 7) is 4.89. The maximum atomic E-state index is 2.55. The normalized spacial score (nSPS) is 30.6. The van der Waals surface area contributed by atoms with Crippen LogP contribution < -0.4 is 4.90 Å². The van der Waals surface area contributed by atoms with E-state index in [9.17, 15) is 0 Å². The van der Waals surface area contributed by atoms with Gasteiger partial charge in [-0.05, 0) is 35.8 Å². The molecule has 0 amide bonds. The molecule has 1 nitrogen and oxygen atoms in total. The lowest BCUT2D eigenvalue weighted by molar-refractivity contribution is 0.186. The smallest absolute Gasteiger partial charge is 0.0404 e. The van der Waals surface area contributed by atoms with Crippen LogP contribution >= 0.6 is 0 Å². The van der Waals surface area contributed by atoms with Crippen LogP contribution in [0.2, 0.25) is 0 Å². The topological polar surface area (TPSA) is 3.24 Å². The van der Waals surface area contributed by atoms with Crippen molar-refractivity contribution >= 4 is 5.69 Å². The molecule has 1 saturated carbocycles. The molecule has 0 N–H and O–H groups in total. The molecule has 1 heterocycles. The van der Waals surface area contributed by atoms with Crippen molar-refractivity contribution in [2.75, 3.05) is 11.9 Å². The van der Waals surface area contributed by atoms with Crippen LogP contribution in [0.25, 0.3) is 0 Å². The Morgan fingerprint density at radius 3 is 2.65 bits per heavy atom. The van der Waals surface area contributed by atoms with E-state index in [0.29, 0.717) is 5.41 Å². The first-order valence-electron chi connectivity index (χ1n) is 6.94. The lowest BCUT2D eigenvalue weighted by Crippen LogP contribution is -2.52. The van der Waals surface area contributed by atoms with Crippen LogP contribution in [0, 0.1) is 5.92 Å². The van der Waals surface area contributed by atoms with Crippen LogP contribution in [0.3, 0.4) is 0 Å². The van der Waals surface area contributed by atoms with Crippen molar-refractivity contribution in [3.05, 3.63) is 29.8 Å². The van der Waals surface area contributed by atoms with Crippen LogP contribution in [0.5, 0.6) is 0 Å². The van der Waals surface area contributed by atoms with Gasteiger partial charge in [0.15, 0.2) is 0 Å². The van der Waals surface area contributed by atoms with E-state index in [2.05, 4.69) is 50.1 Å². The minimum Gasteiger partial charge on any atom is -0.371 e. The highest BCUT2D eigenvalue weighted by atomic mass is 15.2. The molecule has 1 unspecified atom stereocenters. The third-order valence-corrected chi connectivity index (χ3v) is 5.13. The van der Waals surface area contributed by atoms with Gasteiger partial charge in [0.25, 0.3) is 0 Å². The maximum Gasteiger partial charge on any atom is 0.0404 e. The van der Waals surface area contributed by atoms with Gasteiger partial charge in [-0.1, -0.05) is 44.9 Å². The van der Waals surface area contributed by atoms with E-state index in [1.165, 1.54) is 31.4 Å². The Hall–Kier alpha value is -0.980. The predicted molar refractivity (Wildman–Crippen MR) is 73.6 cm³/mol. The van der Waals surface area contributed by atoms with Crippen molar-refractivity contribution in [3.8, 4) is 0 Å². The van der Waals surface area contributed by atoms with Gasteiger partial charge in [0, 0.05) is 18.8 Å². The first-order valence-corrected chi connectivity index (χ1v) is 6.94. The van der Waals surface area contributed by atoms with Gasteiger partial charge < -0.3 is 4.90 Å². The molecule has 0 radical (unpaired) electrons. The van der Waals surface area contributed by atoms with E-state index in [0.717, 1.165) is 12.0 Å². The van der Waals surface area contributed by atoms with Crippen LogP contribution in [0.1, 0.15) is 45.1 Å². The van der Waals surface area contributed by atoms with Gasteiger partial charge in [-0.3, -0.25) is 0 Å². The second-order valence-electron chi connectivity index (χ2n) is 6.31. The number of anilines is 1. The molecule has 0 saturated heterocycles.